The predicted octanol–water partition coefficient (Wildman–Crippen LogP) is 4.64. The van der Waals surface area contributed by atoms with E-state index >= 15 is 0 Å². The van der Waals surface area contributed by atoms with Crippen LogP contribution in [0.15, 0.2) is 6.07 Å². The topological polar surface area (TPSA) is 39.9 Å². The second-order valence-electron chi connectivity index (χ2n) is 6.46. The van der Waals surface area contributed by atoms with Crippen LogP contribution in [0.1, 0.15) is 17.8 Å². The summed E-state index contributed by atoms with van der Waals surface area (Å²) in [5.74, 6) is 0. The Kier molecular flexibility index (Phi) is 5.19. The zero-order chi connectivity index (χ0) is 16.5. The average Bonchev–Trinajstić information content (AvgIpc) is 2.70. The zero-order valence-electron chi connectivity index (χ0n) is 13.2. The molecule has 2 aromatic rings. The van der Waals surface area contributed by atoms with Gasteiger partial charge in [-0.25, -0.2) is 18.4 Å². The number of ether oxygens (including phenoxy) is 1. The fourth-order valence-corrected chi connectivity index (χ4v) is 3.14. The standard InChI is InChI=1S/C14H20ClF2N3OSi/c1-9-12-10(15)7-11(13(16)17)18-14(12)20(19-9)8-21-5-6-22(2,3)4/h7,13H,5-6,8H2,1-4H3. The first-order valence-corrected chi connectivity index (χ1v) is 11.2. The number of alkyl halides is 2. The van der Waals surface area contributed by atoms with Crippen molar-refractivity contribution in [3.63, 3.8) is 0 Å². The summed E-state index contributed by atoms with van der Waals surface area (Å²) < 4.78 is 32.9. The monoisotopic (exact) mass is 347 g/mol. The zero-order valence-corrected chi connectivity index (χ0v) is 14.9. The highest BCUT2D eigenvalue weighted by Crippen LogP contribution is 2.29. The molecule has 0 saturated heterocycles. The lowest BCUT2D eigenvalue weighted by Crippen LogP contribution is -2.22. The number of hydrogen-bond acceptors (Lipinski definition) is 3. The maximum atomic E-state index is 12.9. The predicted molar refractivity (Wildman–Crippen MR) is 86.3 cm³/mol. The van der Waals surface area contributed by atoms with Crippen LogP contribution in [0.2, 0.25) is 30.7 Å². The van der Waals surface area contributed by atoms with E-state index in [1.54, 1.807) is 6.92 Å². The Morgan fingerprint density at radius 1 is 1.36 bits per heavy atom. The number of halogens is 3. The SMILES string of the molecule is Cc1nn(COCC[Si](C)(C)C)c2nc(C(F)F)cc(Cl)c12. The highest BCUT2D eigenvalue weighted by atomic mass is 35.5. The van der Waals surface area contributed by atoms with Gasteiger partial charge in [-0.3, -0.25) is 0 Å². The van der Waals surface area contributed by atoms with Crippen LogP contribution >= 0.6 is 11.6 Å². The minimum absolute atomic E-state index is 0.185. The van der Waals surface area contributed by atoms with E-state index in [9.17, 15) is 8.78 Å². The molecule has 2 aromatic heterocycles. The van der Waals surface area contributed by atoms with Gasteiger partial charge < -0.3 is 4.74 Å². The molecule has 0 saturated carbocycles. The second-order valence-corrected chi connectivity index (χ2v) is 12.5. The summed E-state index contributed by atoms with van der Waals surface area (Å²) in [6.45, 7) is 9.37. The van der Waals surface area contributed by atoms with Crippen molar-refractivity contribution in [3.05, 3.63) is 22.5 Å². The quantitative estimate of drug-likeness (QED) is 0.564. The van der Waals surface area contributed by atoms with Gasteiger partial charge in [0.15, 0.2) is 5.65 Å². The summed E-state index contributed by atoms with van der Waals surface area (Å²) in [6, 6.07) is 2.22. The van der Waals surface area contributed by atoms with E-state index in [2.05, 4.69) is 29.7 Å². The van der Waals surface area contributed by atoms with Crippen molar-refractivity contribution in [2.75, 3.05) is 6.61 Å². The Hall–Kier alpha value is -1.05. The van der Waals surface area contributed by atoms with Crippen molar-refractivity contribution in [2.24, 2.45) is 0 Å². The van der Waals surface area contributed by atoms with Gasteiger partial charge in [-0.05, 0) is 19.0 Å². The molecule has 0 aliphatic heterocycles. The molecule has 0 aromatic carbocycles. The molecule has 0 fully saturated rings. The van der Waals surface area contributed by atoms with Crippen LogP contribution in [-0.4, -0.2) is 29.4 Å². The number of fused-ring (bicyclic) bond motifs is 1. The van der Waals surface area contributed by atoms with E-state index < -0.39 is 14.5 Å². The fourth-order valence-electron chi connectivity index (χ4n) is 2.05. The lowest BCUT2D eigenvalue weighted by Gasteiger charge is -2.15. The molecule has 2 heterocycles. The van der Waals surface area contributed by atoms with E-state index in [1.165, 1.54) is 10.7 Å². The molecule has 2 rings (SSSR count). The van der Waals surface area contributed by atoms with Crippen LogP contribution in [0.4, 0.5) is 8.78 Å². The summed E-state index contributed by atoms with van der Waals surface area (Å²) in [6.07, 6.45) is -2.67. The van der Waals surface area contributed by atoms with Gasteiger partial charge in [0.05, 0.1) is 16.1 Å². The molecule has 0 amide bonds. The molecular formula is C14H20ClF2N3OSi. The summed E-state index contributed by atoms with van der Waals surface area (Å²) in [4.78, 5) is 3.98. The number of hydrogen-bond donors (Lipinski definition) is 0. The molecule has 0 aliphatic rings. The Morgan fingerprint density at radius 3 is 2.64 bits per heavy atom. The molecule has 0 unspecified atom stereocenters. The highest BCUT2D eigenvalue weighted by Gasteiger charge is 2.18. The van der Waals surface area contributed by atoms with Crippen molar-refractivity contribution >= 4 is 30.7 Å². The molecular weight excluding hydrogens is 328 g/mol. The third kappa shape index (κ3) is 4.02. The van der Waals surface area contributed by atoms with Gasteiger partial charge in [-0.1, -0.05) is 31.2 Å². The Bertz CT molecular complexity index is 670. The van der Waals surface area contributed by atoms with Crippen molar-refractivity contribution < 1.29 is 13.5 Å². The van der Waals surface area contributed by atoms with E-state index in [0.717, 1.165) is 6.04 Å². The summed E-state index contributed by atoms with van der Waals surface area (Å²) in [7, 11) is -1.17. The average molecular weight is 348 g/mol. The maximum Gasteiger partial charge on any atom is 0.280 e. The summed E-state index contributed by atoms with van der Waals surface area (Å²) in [5, 5.41) is 5.14. The molecule has 0 atom stereocenters. The normalized spacial score (nSPS) is 12.5. The summed E-state index contributed by atoms with van der Waals surface area (Å²) >= 11 is 6.08. The van der Waals surface area contributed by atoms with Crippen molar-refractivity contribution in [1.82, 2.24) is 14.8 Å². The smallest absolute Gasteiger partial charge is 0.280 e. The Labute approximate surface area is 134 Å². The molecule has 0 aliphatic carbocycles. The van der Waals surface area contributed by atoms with Gasteiger partial charge in [-0.15, -0.1) is 0 Å². The molecule has 8 heteroatoms. The van der Waals surface area contributed by atoms with E-state index in [-0.39, 0.29) is 17.4 Å². The number of pyridine rings is 1. The highest BCUT2D eigenvalue weighted by molar-refractivity contribution is 6.76. The largest absolute Gasteiger partial charge is 0.359 e. The van der Waals surface area contributed by atoms with Gasteiger partial charge in [0.1, 0.15) is 12.4 Å². The lowest BCUT2D eigenvalue weighted by atomic mass is 10.2. The molecule has 4 nitrogen and oxygen atoms in total. The number of aromatic nitrogens is 3. The van der Waals surface area contributed by atoms with Crippen LogP contribution in [0, 0.1) is 6.92 Å². The van der Waals surface area contributed by atoms with Gasteiger partial charge >= 0.3 is 0 Å². The molecule has 0 spiro atoms. The lowest BCUT2D eigenvalue weighted by molar-refractivity contribution is 0.0809. The Morgan fingerprint density at radius 2 is 2.05 bits per heavy atom. The van der Waals surface area contributed by atoms with Gasteiger partial charge in [0.25, 0.3) is 6.43 Å². The first-order chi connectivity index (χ1) is 10.2. The molecule has 22 heavy (non-hydrogen) atoms. The maximum absolute atomic E-state index is 12.9. The first kappa shape index (κ1) is 17.3. The number of rotatable bonds is 6. The van der Waals surface area contributed by atoms with Crippen molar-refractivity contribution in [2.45, 2.75) is 45.8 Å². The van der Waals surface area contributed by atoms with Crippen LogP contribution in [0.3, 0.4) is 0 Å². The van der Waals surface area contributed by atoms with Gasteiger partial charge in [-0.2, -0.15) is 5.10 Å². The fraction of sp³-hybridized carbons (Fsp3) is 0.571. The minimum Gasteiger partial charge on any atom is -0.359 e. The molecule has 0 radical (unpaired) electrons. The van der Waals surface area contributed by atoms with E-state index in [0.29, 0.717) is 23.3 Å². The third-order valence-corrected chi connectivity index (χ3v) is 5.28. The summed E-state index contributed by atoms with van der Waals surface area (Å²) in [5.41, 5.74) is 0.649. The van der Waals surface area contributed by atoms with E-state index in [1.807, 2.05) is 0 Å². The van der Waals surface area contributed by atoms with Crippen LogP contribution in [-0.2, 0) is 11.5 Å². The first-order valence-electron chi connectivity index (χ1n) is 7.08. The van der Waals surface area contributed by atoms with Crippen LogP contribution in [0.5, 0.6) is 0 Å². The number of aryl methyl sites for hydroxylation is 1. The van der Waals surface area contributed by atoms with E-state index in [4.69, 9.17) is 16.3 Å². The van der Waals surface area contributed by atoms with Gasteiger partial charge in [0, 0.05) is 14.7 Å². The van der Waals surface area contributed by atoms with Crippen molar-refractivity contribution in [1.29, 1.82) is 0 Å². The van der Waals surface area contributed by atoms with Crippen LogP contribution < -0.4 is 0 Å². The van der Waals surface area contributed by atoms with Crippen LogP contribution in [0.25, 0.3) is 11.0 Å². The molecule has 122 valence electrons. The minimum atomic E-state index is -2.67. The van der Waals surface area contributed by atoms with Gasteiger partial charge in [0.2, 0.25) is 0 Å². The number of nitrogens with zero attached hydrogens (tertiary/aromatic N) is 3. The third-order valence-electron chi connectivity index (χ3n) is 3.28. The Balaban J connectivity index is 2.23. The second kappa shape index (κ2) is 6.60. The molecule has 0 N–H and O–H groups in total. The van der Waals surface area contributed by atoms with Crippen molar-refractivity contribution in [3.8, 4) is 0 Å². The molecule has 0 bridgehead atoms.